The molecule has 4 heteroatoms. The summed E-state index contributed by atoms with van der Waals surface area (Å²) in [5.41, 5.74) is 7.33. The molecule has 1 radical (unpaired) electrons. The van der Waals surface area contributed by atoms with E-state index in [9.17, 15) is 0 Å². The Kier molecular flexibility index (Phi) is 8.43. The average Bonchev–Trinajstić information content (AvgIpc) is 3.58. The Hall–Kier alpha value is -4.63. The van der Waals surface area contributed by atoms with Crippen LogP contribution in [0.5, 0.6) is 0 Å². The SMILES string of the molecule is CC(C)(C)c1ccc(-c2[c-]cccc2)nc1.[2H]C([2H])([2H])c1cnc(-c2[c-]ccc3c2oc2c3cc3c4c2ccc2cccc(c24)C(C)(C)C3(C)C)cc1C([2H])([2H])C(C)(C)C.[Ir]. The molecule has 0 saturated heterocycles. The van der Waals surface area contributed by atoms with Crippen LogP contribution in [0.4, 0.5) is 0 Å². The summed E-state index contributed by atoms with van der Waals surface area (Å²) in [6, 6.07) is 37.2. The molecule has 0 amide bonds. The summed E-state index contributed by atoms with van der Waals surface area (Å²) < 4.78 is 49.1. The van der Waals surface area contributed by atoms with E-state index >= 15 is 0 Å². The number of furan rings is 1. The third kappa shape index (κ3) is 6.69. The second kappa shape index (κ2) is 14.1. The minimum atomic E-state index is -2.52. The fraction of sp³-hybridized carbons (Fsp3) is 0.308. The zero-order valence-electron chi connectivity index (χ0n) is 39.0. The van der Waals surface area contributed by atoms with Gasteiger partial charge in [0, 0.05) is 50.1 Å². The van der Waals surface area contributed by atoms with Crippen molar-refractivity contribution < 1.29 is 31.4 Å². The van der Waals surface area contributed by atoms with E-state index < -0.39 is 18.6 Å². The Morgan fingerprint density at radius 3 is 2.14 bits per heavy atom. The predicted octanol–water partition coefficient (Wildman–Crippen LogP) is 14.1. The zero-order chi connectivity index (χ0) is 43.4. The average molecular weight is 918 g/mol. The van der Waals surface area contributed by atoms with Crippen molar-refractivity contribution in [1.29, 1.82) is 0 Å². The summed E-state index contributed by atoms with van der Waals surface area (Å²) in [5.74, 6) is 0. The molecule has 3 nitrogen and oxygen atoms in total. The van der Waals surface area contributed by atoms with E-state index in [0.717, 1.165) is 33.0 Å². The number of hydrogen-bond acceptors (Lipinski definition) is 3. The monoisotopic (exact) mass is 918 g/mol. The van der Waals surface area contributed by atoms with Gasteiger partial charge in [-0.1, -0.05) is 134 Å². The molecular formula is C52H52IrN2O-2. The van der Waals surface area contributed by atoms with Crippen LogP contribution in [-0.4, -0.2) is 9.97 Å². The molecule has 1 aliphatic carbocycles. The van der Waals surface area contributed by atoms with Crippen molar-refractivity contribution in [2.45, 2.75) is 98.7 Å². The second-order valence-electron chi connectivity index (χ2n) is 18.1. The first-order valence-corrected chi connectivity index (χ1v) is 19.2. The molecule has 3 heterocycles. The third-order valence-corrected chi connectivity index (χ3v) is 11.7. The molecule has 0 spiro atoms. The van der Waals surface area contributed by atoms with Gasteiger partial charge in [0.05, 0.1) is 5.58 Å². The number of pyridine rings is 2. The molecule has 0 bridgehead atoms. The number of rotatable bonds is 3. The summed E-state index contributed by atoms with van der Waals surface area (Å²) in [7, 11) is 0. The molecule has 0 aliphatic heterocycles. The zero-order valence-corrected chi connectivity index (χ0v) is 36.3. The summed E-state index contributed by atoms with van der Waals surface area (Å²) >= 11 is 0. The van der Waals surface area contributed by atoms with E-state index in [4.69, 9.17) is 11.3 Å². The topological polar surface area (TPSA) is 38.9 Å². The third-order valence-electron chi connectivity index (χ3n) is 11.7. The molecule has 8 aromatic rings. The molecular weight excluding hydrogens is 861 g/mol. The summed E-state index contributed by atoms with van der Waals surface area (Å²) in [4.78, 5) is 9.05. The summed E-state index contributed by atoms with van der Waals surface area (Å²) in [6.45, 7) is 18.7. The van der Waals surface area contributed by atoms with Gasteiger partial charge in [0.25, 0.3) is 0 Å². The number of fused-ring (bicyclic) bond motifs is 4. The van der Waals surface area contributed by atoms with Crippen molar-refractivity contribution in [3.05, 3.63) is 143 Å². The fourth-order valence-corrected chi connectivity index (χ4v) is 8.02. The number of benzene rings is 5. The van der Waals surface area contributed by atoms with Crippen LogP contribution in [-0.2, 0) is 42.7 Å². The van der Waals surface area contributed by atoms with Crippen LogP contribution in [0.3, 0.4) is 0 Å². The second-order valence-corrected chi connectivity index (χ2v) is 18.1. The van der Waals surface area contributed by atoms with Gasteiger partial charge in [-0.05, 0) is 90.8 Å². The normalized spacial score (nSPS) is 16.4. The van der Waals surface area contributed by atoms with Gasteiger partial charge in [-0.3, -0.25) is 0 Å². The first-order chi connectivity index (χ1) is 27.9. The predicted molar refractivity (Wildman–Crippen MR) is 232 cm³/mol. The molecule has 0 atom stereocenters. The van der Waals surface area contributed by atoms with Gasteiger partial charge in [-0.25, -0.2) is 0 Å². The van der Waals surface area contributed by atoms with Crippen LogP contribution in [0.15, 0.2) is 108 Å². The van der Waals surface area contributed by atoms with Gasteiger partial charge in [-0.2, -0.15) is 0 Å². The van der Waals surface area contributed by atoms with E-state index in [1.54, 1.807) is 26.8 Å². The van der Waals surface area contributed by atoms with Crippen molar-refractivity contribution in [1.82, 2.24) is 9.97 Å². The Morgan fingerprint density at radius 2 is 1.46 bits per heavy atom. The Balaban J connectivity index is 0.000000278. The fourth-order valence-electron chi connectivity index (χ4n) is 8.02. The molecule has 5 aromatic carbocycles. The number of aromatic nitrogens is 2. The van der Waals surface area contributed by atoms with Gasteiger partial charge in [0.2, 0.25) is 0 Å². The summed E-state index contributed by atoms with van der Waals surface area (Å²) in [6.07, 6.45) is 1.31. The van der Waals surface area contributed by atoms with Crippen molar-refractivity contribution in [2.24, 2.45) is 5.41 Å². The molecule has 1 aliphatic rings. The number of aryl methyl sites for hydroxylation is 1. The largest absolute Gasteiger partial charge is 0.500 e. The molecule has 0 fully saturated rings. The first-order valence-electron chi connectivity index (χ1n) is 21.7. The first kappa shape index (κ1) is 33.5. The molecule has 0 N–H and O–H groups in total. The smallest absolute Gasteiger partial charge is 0.128 e. The Bertz CT molecular complexity index is 2950. The number of hydrogen-bond donors (Lipinski definition) is 0. The Labute approximate surface area is 353 Å². The van der Waals surface area contributed by atoms with Gasteiger partial charge in [0.15, 0.2) is 0 Å². The van der Waals surface area contributed by atoms with Gasteiger partial charge in [0.1, 0.15) is 5.58 Å². The van der Waals surface area contributed by atoms with E-state index in [1.807, 2.05) is 42.6 Å². The molecule has 0 saturated carbocycles. The van der Waals surface area contributed by atoms with E-state index in [0.29, 0.717) is 16.8 Å². The van der Waals surface area contributed by atoms with Gasteiger partial charge >= 0.3 is 0 Å². The van der Waals surface area contributed by atoms with Gasteiger partial charge in [-0.15, -0.1) is 54.1 Å². The van der Waals surface area contributed by atoms with Crippen LogP contribution in [0.25, 0.3) is 66.0 Å². The van der Waals surface area contributed by atoms with E-state index in [-0.39, 0.29) is 47.5 Å². The number of nitrogens with zero attached hydrogens (tertiary/aromatic N) is 2. The van der Waals surface area contributed by atoms with Crippen LogP contribution in [0.1, 0.15) is 104 Å². The van der Waals surface area contributed by atoms with Crippen LogP contribution in [0, 0.1) is 24.4 Å². The van der Waals surface area contributed by atoms with Crippen LogP contribution in [0.2, 0.25) is 0 Å². The molecule has 0 unspecified atom stereocenters. The summed E-state index contributed by atoms with van der Waals surface area (Å²) in [5, 5.41) is 6.68. The minimum Gasteiger partial charge on any atom is -0.500 e. The van der Waals surface area contributed by atoms with Gasteiger partial charge < -0.3 is 14.4 Å². The molecule has 287 valence electrons. The maximum Gasteiger partial charge on any atom is 0.128 e. The molecule has 9 rings (SSSR count). The van der Waals surface area contributed by atoms with Crippen molar-refractivity contribution in [3.8, 4) is 22.5 Å². The van der Waals surface area contributed by atoms with Crippen molar-refractivity contribution in [2.75, 3.05) is 0 Å². The Morgan fingerprint density at radius 1 is 0.696 bits per heavy atom. The van der Waals surface area contributed by atoms with Crippen LogP contribution >= 0.6 is 0 Å². The maximum absolute atomic E-state index is 8.98. The minimum absolute atomic E-state index is 0. The quantitative estimate of drug-likeness (QED) is 0.131. The standard InChI is InChI=1S/C37H36NO.C15H16N.Ir/c1-21-20-38-30(17-23(21)19-35(2,3)4)25-13-10-12-24-27-18-29-32-26(34(27)39-33(24)25)16-15-22-11-9-14-28(31(22)32)36(5,6)37(29,7)8;1-15(2,3)13-9-10-14(16-11-13)12-7-5-4-6-8-12;/h9-12,14-18,20H,19H2,1-8H3;4-7,9-11H,1-3H3;/q2*-1;/i1D3,19D2;;. The molecule has 3 aromatic heterocycles. The maximum atomic E-state index is 8.98. The van der Waals surface area contributed by atoms with E-state index in [1.165, 1.54) is 39.0 Å². The van der Waals surface area contributed by atoms with Crippen molar-refractivity contribution >= 4 is 43.5 Å². The molecule has 56 heavy (non-hydrogen) atoms. The van der Waals surface area contributed by atoms with E-state index in [2.05, 4.69) is 119 Å². The van der Waals surface area contributed by atoms with Crippen molar-refractivity contribution in [3.63, 3.8) is 0 Å². The van der Waals surface area contributed by atoms with Crippen LogP contribution < -0.4 is 0 Å².